The first kappa shape index (κ1) is 15.7. The van der Waals surface area contributed by atoms with Gasteiger partial charge in [0.2, 0.25) is 0 Å². The fourth-order valence-electron chi connectivity index (χ4n) is 0. The molecule has 9 heavy (non-hydrogen) atoms. The first-order valence-corrected chi connectivity index (χ1v) is 2.54. The van der Waals surface area contributed by atoms with Crippen molar-refractivity contribution in [2.24, 2.45) is 5.73 Å². The predicted molar refractivity (Wildman–Crippen MR) is 40.2 cm³/mol. The average molecular weight is 129 g/mol. The van der Waals surface area contributed by atoms with Gasteiger partial charge in [0.15, 0.2) is 0 Å². The molecule has 0 aliphatic rings. The summed E-state index contributed by atoms with van der Waals surface area (Å²) in [6.07, 6.45) is 2.28. The predicted octanol–water partition coefficient (Wildman–Crippen LogP) is 1.21. The summed E-state index contributed by atoms with van der Waals surface area (Å²) >= 11 is 0. The zero-order chi connectivity index (χ0) is 6.83. The van der Waals surface area contributed by atoms with E-state index >= 15 is 0 Å². The summed E-state index contributed by atoms with van der Waals surface area (Å²) in [5.74, 6) is 0. The third-order valence-corrected chi connectivity index (χ3v) is 0.380. The minimum absolute atomic E-state index is 0. The Balaban J connectivity index is -0.0000000720. The zero-order valence-electron chi connectivity index (χ0n) is 5.93. The quantitative estimate of drug-likeness (QED) is 0.522. The number of allylic oxidation sites excluding steroid dienone is 1. The standard InChI is InChI=1S/C3H9N.C3H3N.H3N/c2*1-2-3-4;/h2-4H2,1H3;2H,1H2;1H3. The molecule has 0 spiro atoms. The van der Waals surface area contributed by atoms with Gasteiger partial charge in [-0.25, -0.2) is 0 Å². The van der Waals surface area contributed by atoms with Crippen LogP contribution in [0.1, 0.15) is 13.3 Å². The Morgan fingerprint density at radius 3 is 2.00 bits per heavy atom. The number of nitrogens with two attached hydrogens (primary N) is 1. The second-order valence-corrected chi connectivity index (χ2v) is 1.12. The van der Waals surface area contributed by atoms with Crippen molar-refractivity contribution in [2.75, 3.05) is 6.54 Å². The van der Waals surface area contributed by atoms with Crippen molar-refractivity contribution in [1.29, 1.82) is 5.26 Å². The van der Waals surface area contributed by atoms with E-state index in [1.165, 1.54) is 6.08 Å². The second kappa shape index (κ2) is 27.3. The summed E-state index contributed by atoms with van der Waals surface area (Å²) in [7, 11) is 0. The lowest BCUT2D eigenvalue weighted by Gasteiger charge is -1.70. The van der Waals surface area contributed by atoms with Gasteiger partial charge in [-0.1, -0.05) is 13.5 Å². The Bertz CT molecular complexity index is 70.9. The minimum atomic E-state index is 0. The largest absolute Gasteiger partial charge is 0.344 e. The molecule has 0 heterocycles. The van der Waals surface area contributed by atoms with Crippen molar-refractivity contribution in [2.45, 2.75) is 13.3 Å². The van der Waals surface area contributed by atoms with E-state index < -0.39 is 0 Å². The fourth-order valence-corrected chi connectivity index (χ4v) is 0. The Morgan fingerprint density at radius 1 is 1.78 bits per heavy atom. The van der Waals surface area contributed by atoms with Crippen LogP contribution in [0.4, 0.5) is 0 Å². The molecule has 0 aromatic carbocycles. The van der Waals surface area contributed by atoms with Crippen molar-refractivity contribution < 1.29 is 0 Å². The molecule has 0 saturated heterocycles. The van der Waals surface area contributed by atoms with Crippen molar-refractivity contribution >= 4 is 0 Å². The summed E-state index contributed by atoms with van der Waals surface area (Å²) in [6.45, 7) is 5.99. The van der Waals surface area contributed by atoms with Crippen LogP contribution in [0.3, 0.4) is 0 Å². The molecular formula is C6H15N3. The average Bonchev–Trinajstić information content (AvgIpc) is 1.88. The summed E-state index contributed by atoms with van der Waals surface area (Å²) in [5.41, 5.74) is 5.03. The van der Waals surface area contributed by atoms with Crippen LogP contribution in [0.5, 0.6) is 0 Å². The minimum Gasteiger partial charge on any atom is -0.344 e. The Hall–Kier alpha value is -0.850. The van der Waals surface area contributed by atoms with Crippen molar-refractivity contribution in [3.63, 3.8) is 0 Å². The van der Waals surface area contributed by atoms with Crippen LogP contribution in [0.15, 0.2) is 12.7 Å². The Morgan fingerprint density at radius 2 is 2.00 bits per heavy atom. The topological polar surface area (TPSA) is 84.8 Å². The van der Waals surface area contributed by atoms with Crippen LogP contribution in [-0.2, 0) is 0 Å². The Kier molecular flexibility index (Phi) is 47.6. The summed E-state index contributed by atoms with van der Waals surface area (Å²) in [6, 6.07) is 1.69. The fraction of sp³-hybridized carbons (Fsp3) is 0.500. The van der Waals surface area contributed by atoms with Gasteiger partial charge in [0.1, 0.15) is 0 Å². The number of hydrogen-bond acceptors (Lipinski definition) is 3. The highest BCUT2D eigenvalue weighted by molar-refractivity contribution is 4.93. The number of rotatable bonds is 1. The van der Waals surface area contributed by atoms with E-state index in [0.29, 0.717) is 0 Å². The van der Waals surface area contributed by atoms with Gasteiger partial charge in [-0.05, 0) is 13.0 Å². The SMILES string of the molecule is C=CC#N.CCCN.N. The summed E-state index contributed by atoms with van der Waals surface area (Å²) in [5, 5.41) is 7.51. The van der Waals surface area contributed by atoms with E-state index in [-0.39, 0.29) is 6.15 Å². The van der Waals surface area contributed by atoms with E-state index in [4.69, 9.17) is 11.0 Å². The highest BCUT2D eigenvalue weighted by atomic mass is 14.5. The van der Waals surface area contributed by atoms with Crippen molar-refractivity contribution in [3.05, 3.63) is 12.7 Å². The molecule has 0 aliphatic carbocycles. The molecule has 0 radical (unpaired) electrons. The smallest absolute Gasteiger partial charge is 0.0905 e. The lowest BCUT2D eigenvalue weighted by atomic mass is 10.5. The van der Waals surface area contributed by atoms with E-state index in [9.17, 15) is 0 Å². The molecule has 54 valence electrons. The molecule has 0 atom stereocenters. The first-order chi connectivity index (χ1) is 3.83. The molecule has 0 fully saturated rings. The lowest BCUT2D eigenvalue weighted by molar-refractivity contribution is 0.932. The second-order valence-electron chi connectivity index (χ2n) is 1.12. The molecule has 0 aromatic heterocycles. The van der Waals surface area contributed by atoms with Crippen LogP contribution in [-0.4, -0.2) is 6.54 Å². The molecule has 3 nitrogen and oxygen atoms in total. The van der Waals surface area contributed by atoms with Gasteiger partial charge in [-0.3, -0.25) is 0 Å². The summed E-state index contributed by atoms with van der Waals surface area (Å²) in [4.78, 5) is 0. The van der Waals surface area contributed by atoms with Crippen LogP contribution >= 0.6 is 0 Å². The van der Waals surface area contributed by atoms with Crippen LogP contribution in [0, 0.1) is 11.3 Å². The zero-order valence-corrected chi connectivity index (χ0v) is 5.93. The van der Waals surface area contributed by atoms with Gasteiger partial charge in [0.25, 0.3) is 0 Å². The third-order valence-electron chi connectivity index (χ3n) is 0.380. The van der Waals surface area contributed by atoms with Gasteiger partial charge in [0, 0.05) is 6.08 Å². The van der Waals surface area contributed by atoms with Crippen molar-refractivity contribution in [1.82, 2.24) is 6.15 Å². The molecule has 0 unspecified atom stereocenters. The molecule has 0 aliphatic heterocycles. The van der Waals surface area contributed by atoms with Gasteiger partial charge in [-0.15, -0.1) is 0 Å². The summed E-state index contributed by atoms with van der Waals surface area (Å²) < 4.78 is 0. The molecule has 3 heteroatoms. The number of nitrogens with zero attached hydrogens (tertiary/aromatic N) is 1. The first-order valence-electron chi connectivity index (χ1n) is 2.54. The van der Waals surface area contributed by atoms with Crippen molar-refractivity contribution in [3.8, 4) is 6.07 Å². The van der Waals surface area contributed by atoms with Gasteiger partial charge >= 0.3 is 0 Å². The lowest BCUT2D eigenvalue weighted by Crippen LogP contribution is -1.93. The maximum absolute atomic E-state index is 7.51. The van der Waals surface area contributed by atoms with Crippen LogP contribution < -0.4 is 11.9 Å². The van der Waals surface area contributed by atoms with Gasteiger partial charge in [-0.2, -0.15) is 5.26 Å². The number of hydrogen-bond donors (Lipinski definition) is 2. The van der Waals surface area contributed by atoms with Crippen LogP contribution in [0.25, 0.3) is 0 Å². The maximum Gasteiger partial charge on any atom is 0.0905 e. The van der Waals surface area contributed by atoms with E-state index in [0.717, 1.165) is 13.0 Å². The van der Waals surface area contributed by atoms with Gasteiger partial charge < -0.3 is 11.9 Å². The number of nitriles is 1. The van der Waals surface area contributed by atoms with Crippen LogP contribution in [0.2, 0.25) is 0 Å². The maximum atomic E-state index is 7.51. The van der Waals surface area contributed by atoms with E-state index in [1.807, 2.05) is 0 Å². The molecule has 0 amide bonds. The monoisotopic (exact) mass is 129 g/mol. The van der Waals surface area contributed by atoms with E-state index in [2.05, 4.69) is 13.5 Å². The molecule has 5 N–H and O–H groups in total. The highest BCUT2D eigenvalue weighted by Gasteiger charge is 1.55. The van der Waals surface area contributed by atoms with Gasteiger partial charge in [0.05, 0.1) is 6.07 Å². The van der Waals surface area contributed by atoms with E-state index in [1.54, 1.807) is 6.07 Å². The Labute approximate surface area is 56.7 Å². The molecule has 0 aromatic rings. The molecule has 0 rings (SSSR count). The highest BCUT2D eigenvalue weighted by Crippen LogP contribution is 1.57. The molecule has 0 saturated carbocycles. The molecular weight excluding hydrogens is 114 g/mol. The molecule has 0 bridgehead atoms. The third kappa shape index (κ3) is 143. The normalized spacial score (nSPS) is 5.00.